The van der Waals surface area contributed by atoms with Gasteiger partial charge in [0.25, 0.3) is 0 Å². The maximum absolute atomic E-state index is 11.5. The zero-order valence-corrected chi connectivity index (χ0v) is 13.2. The van der Waals surface area contributed by atoms with E-state index in [0.29, 0.717) is 23.8 Å². The highest BCUT2D eigenvalue weighted by Gasteiger charge is 2.17. The van der Waals surface area contributed by atoms with Gasteiger partial charge in [-0.2, -0.15) is 0 Å². The Kier molecular flexibility index (Phi) is 4.40. The van der Waals surface area contributed by atoms with Crippen molar-refractivity contribution in [1.82, 2.24) is 4.98 Å². The van der Waals surface area contributed by atoms with Crippen LogP contribution in [0, 0.1) is 12.8 Å². The topological polar surface area (TPSA) is 74.4 Å². The molecule has 0 aliphatic carbocycles. The van der Waals surface area contributed by atoms with Gasteiger partial charge in [0.1, 0.15) is 10.8 Å². The minimum Gasteiger partial charge on any atom is -0.493 e. The van der Waals surface area contributed by atoms with Crippen LogP contribution in [0.4, 0.5) is 0 Å². The molecule has 3 rings (SSSR count). The molecule has 6 heteroatoms. The summed E-state index contributed by atoms with van der Waals surface area (Å²) in [4.78, 5) is 17.0. The van der Waals surface area contributed by atoms with Crippen LogP contribution in [0.1, 0.15) is 21.7 Å². The van der Waals surface area contributed by atoms with Crippen molar-refractivity contribution in [2.45, 2.75) is 13.3 Å². The van der Waals surface area contributed by atoms with Crippen molar-refractivity contribution in [3.63, 3.8) is 0 Å². The van der Waals surface area contributed by atoms with Gasteiger partial charge >= 0.3 is 0 Å². The van der Waals surface area contributed by atoms with Gasteiger partial charge in [0, 0.05) is 34.7 Å². The Morgan fingerprint density at radius 1 is 1.50 bits per heavy atom. The van der Waals surface area contributed by atoms with E-state index < -0.39 is 5.91 Å². The highest BCUT2D eigenvalue weighted by molar-refractivity contribution is 7.14. The molecule has 0 saturated carbocycles. The molecule has 2 heterocycles. The molecule has 1 atom stereocenters. The summed E-state index contributed by atoms with van der Waals surface area (Å²) in [6.45, 7) is 4.10. The lowest BCUT2D eigenvalue weighted by atomic mass is 10.1. The van der Waals surface area contributed by atoms with E-state index in [1.807, 2.05) is 19.2 Å². The third-order valence-corrected chi connectivity index (χ3v) is 4.53. The number of primary amides is 1. The Hall–Kier alpha value is -1.92. The minimum atomic E-state index is -0.468. The molecule has 1 aromatic carbocycles. The molecule has 1 fully saturated rings. The zero-order valence-electron chi connectivity index (χ0n) is 12.4. The Morgan fingerprint density at radius 2 is 2.36 bits per heavy atom. The molecule has 1 saturated heterocycles. The molecule has 0 spiro atoms. The molecule has 1 aliphatic rings. The normalized spacial score (nSPS) is 17.6. The van der Waals surface area contributed by atoms with Gasteiger partial charge in [0.2, 0.25) is 5.91 Å². The fourth-order valence-corrected chi connectivity index (χ4v) is 3.12. The number of benzene rings is 1. The van der Waals surface area contributed by atoms with Gasteiger partial charge in [-0.3, -0.25) is 4.79 Å². The minimum absolute atomic E-state index is 0.405. The number of ether oxygens (including phenoxy) is 2. The van der Waals surface area contributed by atoms with E-state index in [1.165, 1.54) is 0 Å². The average Bonchev–Trinajstić information content (AvgIpc) is 3.16. The quantitative estimate of drug-likeness (QED) is 0.919. The van der Waals surface area contributed by atoms with Crippen LogP contribution in [0.5, 0.6) is 5.75 Å². The molecule has 2 N–H and O–H groups in total. The third-order valence-electron chi connectivity index (χ3n) is 3.57. The Labute approximate surface area is 133 Å². The van der Waals surface area contributed by atoms with Crippen LogP contribution in [0.25, 0.3) is 10.6 Å². The molecule has 1 amide bonds. The third kappa shape index (κ3) is 3.45. The number of carbonyl (C=O) groups excluding carboxylic acids is 1. The molecule has 0 bridgehead atoms. The number of hydrogen-bond donors (Lipinski definition) is 1. The van der Waals surface area contributed by atoms with Gasteiger partial charge in [-0.05, 0) is 31.5 Å². The average molecular weight is 318 g/mol. The maximum atomic E-state index is 11.5. The van der Waals surface area contributed by atoms with Gasteiger partial charge < -0.3 is 15.2 Å². The van der Waals surface area contributed by atoms with Crippen molar-refractivity contribution in [3.8, 4) is 16.3 Å². The first-order valence-electron chi connectivity index (χ1n) is 7.20. The molecular weight excluding hydrogens is 300 g/mol. The second-order valence-electron chi connectivity index (χ2n) is 5.43. The smallest absolute Gasteiger partial charge is 0.248 e. The van der Waals surface area contributed by atoms with E-state index in [0.717, 1.165) is 35.1 Å². The van der Waals surface area contributed by atoms with Crippen molar-refractivity contribution in [1.29, 1.82) is 0 Å². The number of aryl methyl sites for hydroxylation is 1. The summed E-state index contributed by atoms with van der Waals surface area (Å²) in [5.74, 6) is 0.582. The lowest BCUT2D eigenvalue weighted by Crippen LogP contribution is -2.14. The summed E-state index contributed by atoms with van der Waals surface area (Å²) < 4.78 is 11.2. The van der Waals surface area contributed by atoms with Gasteiger partial charge in [-0.25, -0.2) is 4.98 Å². The molecule has 0 radical (unpaired) electrons. The number of hydrogen-bond acceptors (Lipinski definition) is 5. The fraction of sp³-hybridized carbons (Fsp3) is 0.375. The van der Waals surface area contributed by atoms with Crippen LogP contribution in [0.2, 0.25) is 0 Å². The number of thiazole rings is 1. The highest BCUT2D eigenvalue weighted by atomic mass is 32.1. The Bertz CT molecular complexity index is 678. The maximum Gasteiger partial charge on any atom is 0.248 e. The largest absolute Gasteiger partial charge is 0.493 e. The lowest BCUT2D eigenvalue weighted by Gasteiger charge is -2.12. The van der Waals surface area contributed by atoms with Crippen LogP contribution in [0.15, 0.2) is 24.4 Å². The van der Waals surface area contributed by atoms with E-state index in [1.54, 1.807) is 23.5 Å². The van der Waals surface area contributed by atoms with Crippen LogP contribution >= 0.6 is 11.3 Å². The standard InChI is InChI=1S/C16H18N2O3S/c1-10-7-18-16(22-10)13-4-12(15(17)19)5-14(6-13)21-9-11-2-3-20-8-11/h4-7,11H,2-3,8-9H2,1H3,(H2,17,19)/t11-/m1/s1. The monoisotopic (exact) mass is 318 g/mol. The highest BCUT2D eigenvalue weighted by Crippen LogP contribution is 2.29. The number of amides is 1. The summed E-state index contributed by atoms with van der Waals surface area (Å²) in [5.41, 5.74) is 6.71. The SMILES string of the molecule is Cc1cnc(-c2cc(OC[C@@H]3CCOC3)cc(C(N)=O)c2)s1. The predicted molar refractivity (Wildman–Crippen MR) is 85.2 cm³/mol. The van der Waals surface area contributed by atoms with Crippen LogP contribution in [0.3, 0.4) is 0 Å². The van der Waals surface area contributed by atoms with Crippen molar-refractivity contribution < 1.29 is 14.3 Å². The molecule has 116 valence electrons. The van der Waals surface area contributed by atoms with Crippen molar-refractivity contribution in [2.24, 2.45) is 11.7 Å². The van der Waals surface area contributed by atoms with E-state index in [9.17, 15) is 4.79 Å². The number of carbonyl (C=O) groups is 1. The summed E-state index contributed by atoms with van der Waals surface area (Å²) >= 11 is 1.57. The van der Waals surface area contributed by atoms with E-state index in [2.05, 4.69) is 4.98 Å². The number of rotatable bonds is 5. The lowest BCUT2D eigenvalue weighted by molar-refractivity contribution is 0.0999. The first-order chi connectivity index (χ1) is 10.6. The van der Waals surface area contributed by atoms with E-state index in [-0.39, 0.29) is 0 Å². The molecule has 22 heavy (non-hydrogen) atoms. The number of aromatic nitrogens is 1. The van der Waals surface area contributed by atoms with Crippen molar-refractivity contribution in [3.05, 3.63) is 34.8 Å². The second kappa shape index (κ2) is 6.46. The first-order valence-corrected chi connectivity index (χ1v) is 8.01. The Morgan fingerprint density at radius 3 is 3.00 bits per heavy atom. The van der Waals surface area contributed by atoms with Crippen LogP contribution < -0.4 is 10.5 Å². The summed E-state index contributed by atoms with van der Waals surface area (Å²) in [5, 5.41) is 0.856. The zero-order chi connectivity index (χ0) is 15.5. The predicted octanol–water partition coefficient (Wildman–Crippen LogP) is 2.63. The van der Waals surface area contributed by atoms with Gasteiger partial charge in [0.15, 0.2) is 0 Å². The van der Waals surface area contributed by atoms with Crippen molar-refractivity contribution in [2.75, 3.05) is 19.8 Å². The van der Waals surface area contributed by atoms with Crippen LogP contribution in [-0.2, 0) is 4.74 Å². The fourth-order valence-electron chi connectivity index (χ4n) is 2.37. The van der Waals surface area contributed by atoms with Gasteiger partial charge in [-0.1, -0.05) is 0 Å². The summed E-state index contributed by atoms with van der Waals surface area (Å²) in [7, 11) is 0. The second-order valence-corrected chi connectivity index (χ2v) is 6.66. The first kappa shape index (κ1) is 15.0. The molecule has 0 unspecified atom stereocenters. The van der Waals surface area contributed by atoms with Crippen molar-refractivity contribution >= 4 is 17.2 Å². The van der Waals surface area contributed by atoms with Gasteiger partial charge in [0.05, 0.1) is 13.2 Å². The summed E-state index contributed by atoms with van der Waals surface area (Å²) in [6.07, 6.45) is 2.82. The molecule has 5 nitrogen and oxygen atoms in total. The molecule has 1 aliphatic heterocycles. The van der Waals surface area contributed by atoms with Gasteiger partial charge in [-0.15, -0.1) is 11.3 Å². The molecule has 2 aromatic rings. The molecule has 1 aromatic heterocycles. The molecular formula is C16H18N2O3S. The number of nitrogens with zero attached hydrogens (tertiary/aromatic N) is 1. The Balaban J connectivity index is 1.84. The van der Waals surface area contributed by atoms with Crippen LogP contribution in [-0.4, -0.2) is 30.7 Å². The van der Waals surface area contributed by atoms with E-state index >= 15 is 0 Å². The number of nitrogens with two attached hydrogens (primary N) is 1. The van der Waals surface area contributed by atoms with E-state index in [4.69, 9.17) is 15.2 Å². The summed E-state index contributed by atoms with van der Waals surface area (Å²) in [6, 6.07) is 5.34.